The van der Waals surface area contributed by atoms with Crippen LogP contribution in [0.5, 0.6) is 5.88 Å². The predicted molar refractivity (Wildman–Crippen MR) is 80.6 cm³/mol. The minimum absolute atomic E-state index is 0.421. The average molecular weight is 327 g/mol. The largest absolute Gasteiger partial charge is 0.479 e. The summed E-state index contributed by atoms with van der Waals surface area (Å²) in [5.41, 5.74) is 1.89. The predicted octanol–water partition coefficient (Wildman–Crippen LogP) is 3.79. The van der Waals surface area contributed by atoms with Gasteiger partial charge in [-0.25, -0.2) is 4.98 Å². The van der Waals surface area contributed by atoms with Gasteiger partial charge in [-0.2, -0.15) is 4.98 Å². The number of hydrogen-bond acceptors (Lipinski definition) is 4. The van der Waals surface area contributed by atoms with E-state index in [1.54, 1.807) is 22.8 Å². The Morgan fingerprint density at radius 3 is 2.80 bits per heavy atom. The zero-order chi connectivity index (χ0) is 14.3. The quantitative estimate of drug-likeness (QED) is 0.728. The monoisotopic (exact) mass is 326 g/mol. The lowest BCUT2D eigenvalue weighted by Crippen LogP contribution is -1.97. The van der Waals surface area contributed by atoms with Crippen LogP contribution >= 0.6 is 35.4 Å². The second-order valence-corrected chi connectivity index (χ2v) is 5.17. The number of methoxy groups -OCH3 is 1. The van der Waals surface area contributed by atoms with Gasteiger partial charge in [0.05, 0.1) is 17.8 Å². The maximum Gasteiger partial charge on any atom is 0.242 e. The van der Waals surface area contributed by atoms with Crippen molar-refractivity contribution in [3.05, 3.63) is 39.3 Å². The van der Waals surface area contributed by atoms with E-state index in [2.05, 4.69) is 15.0 Å². The van der Waals surface area contributed by atoms with Gasteiger partial charge in [-0.1, -0.05) is 23.2 Å². The first kappa shape index (κ1) is 13.4. The highest BCUT2D eigenvalue weighted by molar-refractivity contribution is 7.71. The minimum atomic E-state index is 0.421. The van der Waals surface area contributed by atoms with Gasteiger partial charge in [0.15, 0.2) is 10.4 Å². The van der Waals surface area contributed by atoms with Gasteiger partial charge in [-0.15, -0.1) is 0 Å². The molecule has 0 atom stereocenters. The smallest absolute Gasteiger partial charge is 0.242 e. The molecule has 0 aliphatic rings. The molecule has 0 unspecified atom stereocenters. The molecule has 3 aromatic rings. The minimum Gasteiger partial charge on any atom is -0.479 e. The van der Waals surface area contributed by atoms with Crippen molar-refractivity contribution in [2.75, 3.05) is 7.11 Å². The molecule has 102 valence electrons. The van der Waals surface area contributed by atoms with E-state index in [-0.39, 0.29) is 0 Å². The maximum absolute atomic E-state index is 6.23. The van der Waals surface area contributed by atoms with Gasteiger partial charge in [0.25, 0.3) is 0 Å². The summed E-state index contributed by atoms with van der Waals surface area (Å²) in [6, 6.07) is 5.17. The Kier molecular flexibility index (Phi) is 3.37. The van der Waals surface area contributed by atoms with Crippen molar-refractivity contribution in [1.82, 2.24) is 19.5 Å². The summed E-state index contributed by atoms with van der Waals surface area (Å²) in [6.45, 7) is 0. The zero-order valence-corrected chi connectivity index (χ0v) is 12.6. The molecule has 2 aromatic heterocycles. The fourth-order valence-corrected chi connectivity index (χ4v) is 2.72. The lowest BCUT2D eigenvalue weighted by molar-refractivity contribution is 0.401. The molecule has 0 fully saturated rings. The van der Waals surface area contributed by atoms with Gasteiger partial charge in [0.1, 0.15) is 11.8 Å². The topological polar surface area (TPSA) is 55.7 Å². The van der Waals surface area contributed by atoms with Crippen molar-refractivity contribution in [2.24, 2.45) is 0 Å². The second kappa shape index (κ2) is 5.05. The molecule has 0 aliphatic carbocycles. The van der Waals surface area contributed by atoms with E-state index in [1.165, 1.54) is 13.4 Å². The first-order valence-corrected chi connectivity index (χ1v) is 6.73. The molecule has 0 aliphatic heterocycles. The fourth-order valence-electron chi connectivity index (χ4n) is 1.94. The number of benzene rings is 1. The summed E-state index contributed by atoms with van der Waals surface area (Å²) >= 11 is 17.5. The third-order valence-corrected chi connectivity index (χ3v) is 3.61. The molecule has 8 heteroatoms. The first-order valence-electron chi connectivity index (χ1n) is 5.57. The van der Waals surface area contributed by atoms with Gasteiger partial charge in [0.2, 0.25) is 5.88 Å². The zero-order valence-electron chi connectivity index (χ0n) is 10.2. The van der Waals surface area contributed by atoms with Crippen LogP contribution in [-0.2, 0) is 0 Å². The Balaban J connectivity index is 2.37. The summed E-state index contributed by atoms with van der Waals surface area (Å²) in [5, 5.41) is 1.03. The molecule has 5 nitrogen and oxygen atoms in total. The number of hydrogen-bond donors (Lipinski definition) is 1. The third kappa shape index (κ3) is 2.06. The van der Waals surface area contributed by atoms with E-state index in [9.17, 15) is 0 Å². The van der Waals surface area contributed by atoms with Crippen molar-refractivity contribution in [3.63, 3.8) is 0 Å². The van der Waals surface area contributed by atoms with Crippen LogP contribution in [0.4, 0.5) is 0 Å². The lowest BCUT2D eigenvalue weighted by atomic mass is 10.3. The van der Waals surface area contributed by atoms with E-state index in [1.807, 2.05) is 0 Å². The Hall–Kier alpha value is -1.63. The Morgan fingerprint density at radius 1 is 1.30 bits per heavy atom. The molecular weight excluding hydrogens is 319 g/mol. The van der Waals surface area contributed by atoms with Crippen molar-refractivity contribution in [3.8, 4) is 11.6 Å². The van der Waals surface area contributed by atoms with Crippen LogP contribution in [0.15, 0.2) is 24.5 Å². The number of fused-ring (bicyclic) bond motifs is 1. The molecule has 0 saturated carbocycles. The normalized spacial score (nSPS) is 10.9. The summed E-state index contributed by atoms with van der Waals surface area (Å²) in [6.07, 6.45) is 1.41. The van der Waals surface area contributed by atoms with Gasteiger partial charge in [-0.3, -0.25) is 4.57 Å². The third-order valence-electron chi connectivity index (χ3n) is 2.78. The number of aromatic amines is 1. The first-order chi connectivity index (χ1) is 9.61. The highest BCUT2D eigenvalue weighted by Crippen LogP contribution is 2.29. The fraction of sp³-hybridized carbons (Fsp3) is 0.0833. The molecule has 20 heavy (non-hydrogen) atoms. The highest BCUT2D eigenvalue weighted by atomic mass is 35.5. The SMILES string of the molecule is COc1ncnc2c1[nH]c(=S)n2-c1ccc(Cl)cc1Cl. The van der Waals surface area contributed by atoms with E-state index in [0.29, 0.717) is 37.5 Å². The molecule has 3 rings (SSSR count). The van der Waals surface area contributed by atoms with Gasteiger partial charge in [0, 0.05) is 5.02 Å². The number of aromatic nitrogens is 4. The maximum atomic E-state index is 6.23. The summed E-state index contributed by atoms with van der Waals surface area (Å²) in [7, 11) is 1.53. The number of rotatable bonds is 2. The van der Waals surface area contributed by atoms with Crippen LogP contribution in [0.3, 0.4) is 0 Å². The van der Waals surface area contributed by atoms with Crippen molar-refractivity contribution in [2.45, 2.75) is 0 Å². The van der Waals surface area contributed by atoms with Crippen molar-refractivity contribution >= 4 is 46.6 Å². The average Bonchev–Trinajstić information content (AvgIpc) is 2.75. The van der Waals surface area contributed by atoms with Crippen LogP contribution in [0.2, 0.25) is 10.0 Å². The molecule has 0 saturated heterocycles. The number of imidazole rings is 1. The van der Waals surface area contributed by atoms with Crippen LogP contribution in [0.1, 0.15) is 0 Å². The molecule has 2 heterocycles. The molecule has 0 amide bonds. The van der Waals surface area contributed by atoms with E-state index in [0.717, 1.165) is 0 Å². The van der Waals surface area contributed by atoms with Gasteiger partial charge in [-0.05, 0) is 30.4 Å². The lowest BCUT2D eigenvalue weighted by Gasteiger charge is -2.06. The van der Waals surface area contributed by atoms with Crippen LogP contribution in [-0.4, -0.2) is 26.6 Å². The molecular formula is C12H8Cl2N4OS. The highest BCUT2D eigenvalue weighted by Gasteiger charge is 2.14. The van der Waals surface area contributed by atoms with E-state index < -0.39 is 0 Å². The summed E-state index contributed by atoms with van der Waals surface area (Å²) in [4.78, 5) is 11.3. The van der Waals surface area contributed by atoms with Crippen LogP contribution < -0.4 is 4.74 Å². The standard InChI is InChI=1S/C12H8Cl2N4OS/c1-19-11-9-10(15-5-16-11)18(12(20)17-9)8-3-2-6(13)4-7(8)14/h2-5H,1H3,(H,17,20). The van der Waals surface area contributed by atoms with E-state index in [4.69, 9.17) is 40.2 Å². The van der Waals surface area contributed by atoms with Crippen LogP contribution in [0, 0.1) is 4.77 Å². The number of nitrogens with zero attached hydrogens (tertiary/aromatic N) is 3. The summed E-state index contributed by atoms with van der Waals surface area (Å²) in [5.74, 6) is 0.421. The summed E-state index contributed by atoms with van der Waals surface area (Å²) < 4.78 is 7.35. The number of nitrogens with one attached hydrogen (secondary N) is 1. The number of H-pyrrole nitrogens is 1. The number of ether oxygens (including phenoxy) is 1. The second-order valence-electron chi connectivity index (χ2n) is 3.94. The molecule has 0 spiro atoms. The number of halogens is 2. The Morgan fingerprint density at radius 2 is 2.10 bits per heavy atom. The van der Waals surface area contributed by atoms with Crippen molar-refractivity contribution in [1.29, 1.82) is 0 Å². The molecule has 0 bridgehead atoms. The Bertz CT molecular complexity index is 858. The van der Waals surface area contributed by atoms with E-state index >= 15 is 0 Å². The molecule has 1 N–H and O–H groups in total. The van der Waals surface area contributed by atoms with Crippen LogP contribution in [0.25, 0.3) is 16.9 Å². The van der Waals surface area contributed by atoms with Crippen molar-refractivity contribution < 1.29 is 4.74 Å². The Labute approximate surface area is 129 Å². The molecule has 1 aromatic carbocycles. The van der Waals surface area contributed by atoms with Gasteiger partial charge < -0.3 is 9.72 Å². The molecule has 0 radical (unpaired) electrons. The van der Waals surface area contributed by atoms with Gasteiger partial charge >= 0.3 is 0 Å².